The Morgan fingerprint density at radius 1 is 1.17 bits per heavy atom. The lowest BCUT2D eigenvalue weighted by Gasteiger charge is -2.30. The second-order valence-corrected chi connectivity index (χ2v) is 12.9. The molecule has 2 aliphatic heterocycles. The van der Waals surface area contributed by atoms with Gasteiger partial charge >= 0.3 is 5.97 Å². The topological polar surface area (TPSA) is 89.6 Å². The molecule has 9 heteroatoms. The van der Waals surface area contributed by atoms with Crippen LogP contribution >= 0.6 is 11.3 Å². The molecular formula is C32H34N4O4S. The molecule has 4 aromatic rings. The maximum absolute atomic E-state index is 12.8. The predicted molar refractivity (Wildman–Crippen MR) is 157 cm³/mol. The maximum atomic E-state index is 12.8. The van der Waals surface area contributed by atoms with Gasteiger partial charge in [0, 0.05) is 24.6 Å². The number of nitriles is 1. The number of benzene rings is 2. The van der Waals surface area contributed by atoms with Crippen molar-refractivity contribution in [1.29, 1.82) is 5.26 Å². The summed E-state index contributed by atoms with van der Waals surface area (Å²) in [4.78, 5) is 22.0. The predicted octanol–water partition coefficient (Wildman–Crippen LogP) is 5.85. The average Bonchev–Trinajstić information content (AvgIpc) is 3.52. The van der Waals surface area contributed by atoms with Gasteiger partial charge in [-0.1, -0.05) is 6.07 Å². The standard InChI is InChI=1S/C32H34N4O4S/c1-32(2,3)40-31(37)22-5-9-28-29(15-22)36(18-25-11-13-38-25)30(34-28)19-35-12-10-21-4-6-24(14-23(21)17-35)39-20-27-8-7-26(16-33)41-27/h4-9,14-15,25H,10-13,17-20H2,1-3H3/t25-/m0/s1. The van der Waals surface area contributed by atoms with E-state index in [9.17, 15) is 4.79 Å². The van der Waals surface area contributed by atoms with Gasteiger partial charge in [0.1, 0.15) is 34.7 Å². The van der Waals surface area contributed by atoms with Crippen LogP contribution < -0.4 is 4.74 Å². The number of hydrogen-bond donors (Lipinski definition) is 0. The molecule has 0 aliphatic carbocycles. The van der Waals surface area contributed by atoms with E-state index in [4.69, 9.17) is 24.5 Å². The normalized spacial score (nSPS) is 17.1. The van der Waals surface area contributed by atoms with Crippen molar-refractivity contribution >= 4 is 28.3 Å². The van der Waals surface area contributed by atoms with Crippen LogP contribution in [0.1, 0.15) is 64.3 Å². The summed E-state index contributed by atoms with van der Waals surface area (Å²) in [6, 6.07) is 17.9. The summed E-state index contributed by atoms with van der Waals surface area (Å²) >= 11 is 1.46. The molecule has 0 radical (unpaired) electrons. The minimum atomic E-state index is -0.558. The minimum Gasteiger partial charge on any atom is -0.488 e. The Balaban J connectivity index is 1.20. The van der Waals surface area contributed by atoms with Gasteiger partial charge in [0.2, 0.25) is 0 Å². The van der Waals surface area contributed by atoms with Crippen molar-refractivity contribution in [2.45, 2.75) is 71.6 Å². The molecular weight excluding hydrogens is 536 g/mol. The number of fused-ring (bicyclic) bond motifs is 2. The fraction of sp³-hybridized carbons (Fsp3) is 0.406. The largest absolute Gasteiger partial charge is 0.488 e. The Bertz CT molecular complexity index is 1620. The van der Waals surface area contributed by atoms with E-state index in [0.29, 0.717) is 30.1 Å². The summed E-state index contributed by atoms with van der Waals surface area (Å²) in [5.41, 5.74) is 4.37. The maximum Gasteiger partial charge on any atom is 0.338 e. The van der Waals surface area contributed by atoms with Crippen molar-refractivity contribution in [1.82, 2.24) is 14.5 Å². The number of nitrogens with zero attached hydrogens (tertiary/aromatic N) is 4. The van der Waals surface area contributed by atoms with Crippen molar-refractivity contribution in [3.8, 4) is 11.8 Å². The molecule has 2 aromatic carbocycles. The van der Waals surface area contributed by atoms with Crippen molar-refractivity contribution in [3.05, 3.63) is 80.8 Å². The average molecular weight is 571 g/mol. The molecule has 4 heterocycles. The lowest BCUT2D eigenvalue weighted by Crippen LogP contribution is -2.34. The zero-order valence-electron chi connectivity index (χ0n) is 23.7. The quantitative estimate of drug-likeness (QED) is 0.246. The number of carbonyl (C=O) groups excluding carboxylic acids is 1. The first-order valence-electron chi connectivity index (χ1n) is 14.0. The fourth-order valence-corrected chi connectivity index (χ4v) is 6.00. The minimum absolute atomic E-state index is 0.158. The number of rotatable bonds is 8. The van der Waals surface area contributed by atoms with Crippen LogP contribution in [-0.4, -0.2) is 45.3 Å². The summed E-state index contributed by atoms with van der Waals surface area (Å²) in [7, 11) is 0. The smallest absolute Gasteiger partial charge is 0.338 e. The van der Waals surface area contributed by atoms with Crippen molar-refractivity contribution in [3.63, 3.8) is 0 Å². The number of esters is 1. The first kappa shape index (κ1) is 27.5. The van der Waals surface area contributed by atoms with E-state index in [-0.39, 0.29) is 12.1 Å². The Labute approximate surface area is 244 Å². The van der Waals surface area contributed by atoms with Crippen LogP contribution in [-0.2, 0) is 42.1 Å². The van der Waals surface area contributed by atoms with E-state index < -0.39 is 5.60 Å². The highest BCUT2D eigenvalue weighted by Gasteiger charge is 2.25. The van der Waals surface area contributed by atoms with Gasteiger partial charge in [-0.2, -0.15) is 5.26 Å². The Morgan fingerprint density at radius 3 is 2.76 bits per heavy atom. The third kappa shape index (κ3) is 6.30. The van der Waals surface area contributed by atoms with E-state index >= 15 is 0 Å². The molecule has 2 aliphatic rings. The molecule has 0 unspecified atom stereocenters. The summed E-state index contributed by atoms with van der Waals surface area (Å²) < 4.78 is 19.7. The molecule has 0 saturated carbocycles. The van der Waals surface area contributed by atoms with E-state index in [0.717, 1.165) is 60.0 Å². The summed E-state index contributed by atoms with van der Waals surface area (Å²) in [5.74, 6) is 1.48. The highest BCUT2D eigenvalue weighted by Crippen LogP contribution is 2.28. The van der Waals surface area contributed by atoms with Gasteiger partial charge in [0.15, 0.2) is 0 Å². The molecule has 1 fully saturated rings. The van der Waals surface area contributed by atoms with Gasteiger partial charge in [0.05, 0.1) is 35.8 Å². The van der Waals surface area contributed by atoms with Crippen molar-refractivity contribution < 1.29 is 19.0 Å². The summed E-state index contributed by atoms with van der Waals surface area (Å²) in [6.07, 6.45) is 2.14. The summed E-state index contributed by atoms with van der Waals surface area (Å²) in [5, 5.41) is 9.07. The zero-order valence-corrected chi connectivity index (χ0v) is 24.5. The molecule has 0 bridgehead atoms. The SMILES string of the molecule is CC(C)(C)OC(=O)c1ccc2nc(CN3CCc4ccc(OCc5ccc(C#N)s5)cc4C3)n(C[C@@H]3CCO3)c2c1. The second-order valence-electron chi connectivity index (χ2n) is 11.7. The molecule has 0 N–H and O–H groups in total. The molecule has 1 atom stereocenters. The van der Waals surface area contributed by atoms with Crippen molar-refractivity contribution in [2.75, 3.05) is 13.2 Å². The van der Waals surface area contributed by atoms with E-state index in [2.05, 4.69) is 27.7 Å². The third-order valence-electron chi connectivity index (χ3n) is 7.43. The molecule has 212 valence electrons. The van der Waals surface area contributed by atoms with Crippen LogP contribution in [0.25, 0.3) is 11.0 Å². The van der Waals surface area contributed by atoms with Crippen LogP contribution in [0.2, 0.25) is 0 Å². The fourth-order valence-electron chi connectivity index (χ4n) is 5.28. The number of thiophene rings is 1. The first-order valence-corrected chi connectivity index (χ1v) is 14.9. The van der Waals surface area contributed by atoms with Gasteiger partial charge in [-0.15, -0.1) is 11.3 Å². The van der Waals surface area contributed by atoms with E-state index in [1.807, 2.05) is 51.1 Å². The number of hydrogen-bond acceptors (Lipinski definition) is 8. The third-order valence-corrected chi connectivity index (χ3v) is 8.39. The van der Waals surface area contributed by atoms with Gasteiger partial charge in [0.25, 0.3) is 0 Å². The van der Waals surface area contributed by atoms with Crippen LogP contribution in [0.3, 0.4) is 0 Å². The number of aromatic nitrogens is 2. The molecule has 0 amide bonds. The van der Waals surface area contributed by atoms with Gasteiger partial charge in [-0.25, -0.2) is 9.78 Å². The molecule has 6 rings (SSSR count). The lowest BCUT2D eigenvalue weighted by atomic mass is 9.99. The zero-order chi connectivity index (χ0) is 28.6. The van der Waals surface area contributed by atoms with Crippen LogP contribution in [0.4, 0.5) is 0 Å². The molecule has 0 spiro atoms. The van der Waals surface area contributed by atoms with Gasteiger partial charge < -0.3 is 18.8 Å². The van der Waals surface area contributed by atoms with Crippen LogP contribution in [0.15, 0.2) is 48.5 Å². The first-order chi connectivity index (χ1) is 19.7. The van der Waals surface area contributed by atoms with Crippen LogP contribution in [0, 0.1) is 11.3 Å². The molecule has 41 heavy (non-hydrogen) atoms. The number of imidazole rings is 1. The van der Waals surface area contributed by atoms with Gasteiger partial charge in [-0.05, 0) is 87.2 Å². The highest BCUT2D eigenvalue weighted by molar-refractivity contribution is 7.12. The van der Waals surface area contributed by atoms with Crippen molar-refractivity contribution in [2.24, 2.45) is 0 Å². The van der Waals surface area contributed by atoms with Gasteiger partial charge in [-0.3, -0.25) is 4.90 Å². The molecule has 1 saturated heterocycles. The monoisotopic (exact) mass is 570 g/mol. The molecule has 2 aromatic heterocycles. The number of ether oxygens (including phenoxy) is 3. The Hall–Kier alpha value is -3.71. The number of carbonyl (C=O) groups is 1. The van der Waals surface area contributed by atoms with E-state index in [1.165, 1.54) is 22.5 Å². The second kappa shape index (κ2) is 11.3. The van der Waals surface area contributed by atoms with E-state index in [1.54, 1.807) is 6.07 Å². The molecule has 8 nitrogen and oxygen atoms in total. The Morgan fingerprint density at radius 2 is 2.02 bits per heavy atom. The van der Waals surface area contributed by atoms with Crippen LogP contribution in [0.5, 0.6) is 5.75 Å². The lowest BCUT2D eigenvalue weighted by molar-refractivity contribution is -0.0592. The highest BCUT2D eigenvalue weighted by atomic mass is 32.1. The Kier molecular flexibility index (Phi) is 7.56. The summed E-state index contributed by atoms with van der Waals surface area (Å²) in [6.45, 7) is 10.0.